The number of aromatic nitrogens is 2. The number of anilines is 1. The Morgan fingerprint density at radius 2 is 1.71 bits per heavy atom. The first kappa shape index (κ1) is 17.4. The van der Waals surface area contributed by atoms with E-state index in [4.69, 9.17) is 0 Å². The number of nitro groups is 1. The molecule has 4 aromatic rings. The first-order valence-corrected chi connectivity index (χ1v) is 8.67. The van der Waals surface area contributed by atoms with Crippen molar-refractivity contribution in [2.45, 2.75) is 6.42 Å². The van der Waals surface area contributed by atoms with E-state index < -0.39 is 4.92 Å². The third kappa shape index (κ3) is 3.59. The van der Waals surface area contributed by atoms with E-state index in [1.165, 1.54) is 6.07 Å². The number of nitrogens with one attached hydrogen (secondary N) is 2. The molecule has 3 aromatic carbocycles. The molecule has 0 atom stereocenters. The molecule has 0 aliphatic carbocycles. The van der Waals surface area contributed by atoms with Gasteiger partial charge in [-0.15, -0.1) is 0 Å². The molecule has 0 fully saturated rings. The van der Waals surface area contributed by atoms with Crippen LogP contribution in [0.3, 0.4) is 0 Å². The normalized spacial score (nSPS) is 10.7. The van der Waals surface area contributed by atoms with E-state index in [1.807, 2.05) is 36.4 Å². The van der Waals surface area contributed by atoms with E-state index in [2.05, 4.69) is 15.3 Å². The molecule has 4 rings (SSSR count). The van der Waals surface area contributed by atoms with Crippen molar-refractivity contribution in [3.8, 4) is 11.4 Å². The molecule has 0 saturated carbocycles. The summed E-state index contributed by atoms with van der Waals surface area (Å²) in [4.78, 5) is 30.7. The number of benzene rings is 3. The number of H-pyrrole nitrogens is 1. The summed E-state index contributed by atoms with van der Waals surface area (Å²) in [7, 11) is 0. The Morgan fingerprint density at radius 3 is 2.46 bits per heavy atom. The van der Waals surface area contributed by atoms with Crippen molar-refractivity contribution in [3.05, 3.63) is 88.5 Å². The van der Waals surface area contributed by atoms with E-state index in [1.54, 1.807) is 30.3 Å². The van der Waals surface area contributed by atoms with Crippen molar-refractivity contribution in [1.82, 2.24) is 9.97 Å². The molecule has 28 heavy (non-hydrogen) atoms. The van der Waals surface area contributed by atoms with Crippen molar-refractivity contribution >= 4 is 28.3 Å². The first-order valence-electron chi connectivity index (χ1n) is 8.67. The summed E-state index contributed by atoms with van der Waals surface area (Å²) in [5, 5.41) is 13.8. The molecule has 0 saturated heterocycles. The van der Waals surface area contributed by atoms with Gasteiger partial charge in [0.05, 0.1) is 22.4 Å². The second-order valence-corrected chi connectivity index (χ2v) is 6.29. The van der Waals surface area contributed by atoms with Gasteiger partial charge in [-0.05, 0) is 36.4 Å². The number of imidazole rings is 1. The fourth-order valence-electron chi connectivity index (χ4n) is 3.02. The average molecular weight is 372 g/mol. The summed E-state index contributed by atoms with van der Waals surface area (Å²) in [5.74, 6) is 0.435. The van der Waals surface area contributed by atoms with Crippen molar-refractivity contribution in [2.75, 3.05) is 5.32 Å². The van der Waals surface area contributed by atoms with Crippen LogP contribution in [0, 0.1) is 10.1 Å². The maximum atomic E-state index is 12.3. The maximum absolute atomic E-state index is 12.3. The minimum absolute atomic E-state index is 0.0575. The van der Waals surface area contributed by atoms with E-state index in [0.29, 0.717) is 11.3 Å². The third-order valence-corrected chi connectivity index (χ3v) is 4.37. The number of nitrogens with zero attached hydrogens (tertiary/aromatic N) is 2. The molecule has 138 valence electrons. The minimum Gasteiger partial charge on any atom is -0.338 e. The average Bonchev–Trinajstić information content (AvgIpc) is 3.13. The quantitative estimate of drug-likeness (QED) is 0.402. The lowest BCUT2D eigenvalue weighted by molar-refractivity contribution is -0.385. The van der Waals surface area contributed by atoms with Gasteiger partial charge in [-0.1, -0.05) is 30.3 Å². The highest BCUT2D eigenvalue weighted by Crippen LogP contribution is 2.23. The molecule has 0 radical (unpaired) electrons. The number of nitro benzene ring substituents is 1. The molecular formula is C21H16N4O3. The van der Waals surface area contributed by atoms with E-state index in [9.17, 15) is 14.9 Å². The van der Waals surface area contributed by atoms with E-state index in [-0.39, 0.29) is 18.0 Å². The fraction of sp³-hybridized carbons (Fsp3) is 0.0476. The molecule has 7 heteroatoms. The second-order valence-electron chi connectivity index (χ2n) is 6.29. The number of fused-ring (bicyclic) bond motifs is 1. The molecule has 0 spiro atoms. The van der Waals surface area contributed by atoms with Gasteiger partial charge in [-0.2, -0.15) is 0 Å². The Labute approximate surface area is 160 Å². The highest BCUT2D eigenvalue weighted by Gasteiger charge is 2.15. The second kappa shape index (κ2) is 7.32. The highest BCUT2D eigenvalue weighted by molar-refractivity contribution is 5.93. The maximum Gasteiger partial charge on any atom is 0.273 e. The topological polar surface area (TPSA) is 101 Å². The molecule has 0 bridgehead atoms. The highest BCUT2D eigenvalue weighted by atomic mass is 16.6. The summed E-state index contributed by atoms with van der Waals surface area (Å²) in [6.45, 7) is 0. The lowest BCUT2D eigenvalue weighted by Crippen LogP contribution is -2.15. The van der Waals surface area contributed by atoms with Crippen molar-refractivity contribution in [1.29, 1.82) is 0 Å². The summed E-state index contributed by atoms with van der Waals surface area (Å²) >= 11 is 0. The minimum atomic E-state index is -0.481. The van der Waals surface area contributed by atoms with Gasteiger partial charge in [0.1, 0.15) is 5.82 Å². The Balaban J connectivity index is 1.47. The van der Waals surface area contributed by atoms with Crippen LogP contribution in [0.5, 0.6) is 0 Å². The summed E-state index contributed by atoms with van der Waals surface area (Å²) in [6, 6.07) is 21.3. The Bertz CT molecular complexity index is 1130. The van der Waals surface area contributed by atoms with Gasteiger partial charge in [0.25, 0.3) is 5.69 Å². The lowest BCUT2D eigenvalue weighted by Gasteiger charge is -2.06. The summed E-state index contributed by atoms with van der Waals surface area (Å²) < 4.78 is 0. The molecule has 1 amide bonds. The van der Waals surface area contributed by atoms with Crippen molar-refractivity contribution in [3.63, 3.8) is 0 Å². The molecule has 0 aliphatic heterocycles. The van der Waals surface area contributed by atoms with Gasteiger partial charge >= 0.3 is 0 Å². The largest absolute Gasteiger partial charge is 0.338 e. The Kier molecular flexibility index (Phi) is 4.55. The molecule has 2 N–H and O–H groups in total. The van der Waals surface area contributed by atoms with Crippen LogP contribution in [0.25, 0.3) is 22.4 Å². The first-order chi connectivity index (χ1) is 13.6. The number of para-hydroxylation sites is 3. The zero-order valence-electron chi connectivity index (χ0n) is 14.8. The molecule has 1 heterocycles. The van der Waals surface area contributed by atoms with Crippen LogP contribution in [-0.2, 0) is 11.2 Å². The van der Waals surface area contributed by atoms with Crippen LogP contribution in [0.2, 0.25) is 0 Å². The molecule has 7 nitrogen and oxygen atoms in total. The van der Waals surface area contributed by atoms with Crippen LogP contribution < -0.4 is 5.32 Å². The Morgan fingerprint density at radius 1 is 1.00 bits per heavy atom. The molecule has 0 aliphatic rings. The number of carbonyl (C=O) groups is 1. The van der Waals surface area contributed by atoms with Gasteiger partial charge in [0.2, 0.25) is 5.91 Å². The summed E-state index contributed by atoms with van der Waals surface area (Å²) in [6.07, 6.45) is -0.0670. The zero-order chi connectivity index (χ0) is 19.5. The van der Waals surface area contributed by atoms with Crippen LogP contribution in [-0.4, -0.2) is 20.8 Å². The molecular weight excluding hydrogens is 356 g/mol. The predicted octanol–water partition coefficient (Wildman–Crippen LogP) is 4.32. The zero-order valence-corrected chi connectivity index (χ0v) is 14.8. The van der Waals surface area contributed by atoms with Crippen LogP contribution in [0.15, 0.2) is 72.8 Å². The number of hydrogen-bond donors (Lipinski definition) is 2. The van der Waals surface area contributed by atoms with Crippen LogP contribution in [0.1, 0.15) is 5.56 Å². The smallest absolute Gasteiger partial charge is 0.273 e. The number of hydrogen-bond acceptors (Lipinski definition) is 4. The van der Waals surface area contributed by atoms with E-state index >= 15 is 0 Å². The standard InChI is InChI=1S/C21H16N4O3/c26-20(13-15-5-1-4-8-19(15)25(27)28)22-16-11-9-14(10-12-16)21-23-17-6-2-3-7-18(17)24-21/h1-12H,13H2,(H,22,26)(H,23,24). The van der Waals surface area contributed by atoms with Crippen LogP contribution >= 0.6 is 0 Å². The third-order valence-electron chi connectivity index (χ3n) is 4.37. The number of aromatic amines is 1. The van der Waals surface area contributed by atoms with Gasteiger partial charge in [0.15, 0.2) is 0 Å². The lowest BCUT2D eigenvalue weighted by atomic mass is 10.1. The number of amides is 1. The van der Waals surface area contributed by atoms with E-state index in [0.717, 1.165) is 22.4 Å². The predicted molar refractivity (Wildman–Crippen MR) is 107 cm³/mol. The van der Waals surface area contributed by atoms with Gasteiger partial charge < -0.3 is 10.3 Å². The van der Waals surface area contributed by atoms with Crippen molar-refractivity contribution in [2.24, 2.45) is 0 Å². The number of rotatable bonds is 5. The Hall–Kier alpha value is -4.00. The van der Waals surface area contributed by atoms with Crippen molar-refractivity contribution < 1.29 is 9.72 Å². The van der Waals surface area contributed by atoms with Gasteiger partial charge in [-0.25, -0.2) is 4.98 Å². The monoisotopic (exact) mass is 372 g/mol. The SMILES string of the molecule is O=C(Cc1ccccc1[N+](=O)[O-])Nc1ccc(-c2nc3ccccc3[nH]2)cc1. The molecule has 0 unspecified atom stereocenters. The molecule has 1 aromatic heterocycles. The van der Waals surface area contributed by atoms with Gasteiger partial charge in [0, 0.05) is 22.9 Å². The number of carbonyl (C=O) groups excluding carboxylic acids is 1. The summed E-state index contributed by atoms with van der Waals surface area (Å²) in [5.41, 5.74) is 3.68. The van der Waals surface area contributed by atoms with Crippen LogP contribution in [0.4, 0.5) is 11.4 Å². The fourth-order valence-corrected chi connectivity index (χ4v) is 3.02. The van der Waals surface area contributed by atoms with Gasteiger partial charge in [-0.3, -0.25) is 14.9 Å².